The molecule has 0 heterocycles. The monoisotopic (exact) mass is 268 g/mol. The van der Waals surface area contributed by atoms with Crippen molar-refractivity contribution in [1.29, 1.82) is 0 Å². The van der Waals surface area contributed by atoms with Crippen LogP contribution in [0.1, 0.15) is 46.5 Å². The predicted molar refractivity (Wildman–Crippen MR) is 75.7 cm³/mol. The lowest BCUT2D eigenvalue weighted by Crippen LogP contribution is -2.69. The largest absolute Gasteiger partial charge is 0.378 e. The number of hydrogen-bond donors (Lipinski definition) is 1. The van der Waals surface area contributed by atoms with E-state index in [1.807, 2.05) is 11.9 Å². The van der Waals surface area contributed by atoms with Crippen molar-refractivity contribution in [1.82, 2.24) is 4.90 Å². The van der Waals surface area contributed by atoms with E-state index in [2.05, 4.69) is 20.8 Å². The van der Waals surface area contributed by atoms with Crippen LogP contribution in [0.4, 0.5) is 0 Å². The Morgan fingerprint density at radius 3 is 2.37 bits per heavy atom. The minimum absolute atomic E-state index is 0.00706. The van der Waals surface area contributed by atoms with Crippen LogP contribution in [0.5, 0.6) is 0 Å². The number of amides is 1. The molecule has 0 aromatic carbocycles. The van der Waals surface area contributed by atoms with Gasteiger partial charge in [-0.05, 0) is 32.6 Å². The summed E-state index contributed by atoms with van der Waals surface area (Å²) in [6.45, 7) is 6.51. The highest BCUT2D eigenvalue weighted by Crippen LogP contribution is 2.53. The van der Waals surface area contributed by atoms with Gasteiger partial charge in [0.05, 0.1) is 5.60 Å². The first-order valence-electron chi connectivity index (χ1n) is 7.30. The number of nitrogens with two attached hydrogens (primary N) is 1. The summed E-state index contributed by atoms with van der Waals surface area (Å²) in [4.78, 5) is 14.5. The quantitative estimate of drug-likeness (QED) is 0.849. The number of carbonyl (C=O) groups is 1. The topological polar surface area (TPSA) is 55.6 Å². The number of methoxy groups -OCH3 is 1. The molecule has 0 saturated heterocycles. The van der Waals surface area contributed by atoms with Crippen molar-refractivity contribution < 1.29 is 9.53 Å². The Morgan fingerprint density at radius 2 is 1.95 bits per heavy atom. The van der Waals surface area contributed by atoms with E-state index in [4.69, 9.17) is 10.5 Å². The lowest BCUT2D eigenvalue weighted by molar-refractivity contribution is -0.208. The number of ether oxygens (including phenoxy) is 1. The van der Waals surface area contributed by atoms with Gasteiger partial charge in [0.1, 0.15) is 0 Å². The molecule has 0 radical (unpaired) electrons. The summed E-state index contributed by atoms with van der Waals surface area (Å²) in [5.74, 6) is 0.398. The van der Waals surface area contributed by atoms with Gasteiger partial charge >= 0.3 is 0 Å². The Kier molecular flexibility index (Phi) is 3.69. The molecule has 2 aliphatic carbocycles. The van der Waals surface area contributed by atoms with Crippen LogP contribution in [0.25, 0.3) is 0 Å². The number of hydrogen-bond acceptors (Lipinski definition) is 3. The number of carbonyl (C=O) groups excluding carboxylic acids is 1. The van der Waals surface area contributed by atoms with Gasteiger partial charge in [0.2, 0.25) is 5.91 Å². The van der Waals surface area contributed by atoms with E-state index in [1.54, 1.807) is 7.11 Å². The molecule has 0 aromatic heterocycles. The standard InChI is InChI=1S/C15H28N2O2/c1-14(2)12(9-15(14,3)19-5)17(4)13(18)10-6-7-11(16)8-10/h10-12H,6-9,16H2,1-5H3/t10-,11+,12-,15+/m0/s1. The Hall–Kier alpha value is -0.610. The fourth-order valence-corrected chi connectivity index (χ4v) is 3.76. The Bertz CT molecular complexity index is 369. The van der Waals surface area contributed by atoms with Crippen molar-refractivity contribution >= 4 is 5.91 Å². The molecule has 4 atom stereocenters. The fourth-order valence-electron chi connectivity index (χ4n) is 3.76. The third kappa shape index (κ3) is 2.19. The maximum atomic E-state index is 12.5. The van der Waals surface area contributed by atoms with Crippen LogP contribution in [-0.2, 0) is 9.53 Å². The molecule has 4 heteroatoms. The van der Waals surface area contributed by atoms with Gasteiger partial charge in [0.15, 0.2) is 0 Å². The van der Waals surface area contributed by atoms with Crippen LogP contribution in [0.3, 0.4) is 0 Å². The van der Waals surface area contributed by atoms with Crippen molar-refractivity contribution in [2.45, 2.75) is 64.1 Å². The third-order valence-electron chi connectivity index (χ3n) is 5.87. The molecule has 110 valence electrons. The summed E-state index contributed by atoms with van der Waals surface area (Å²) < 4.78 is 5.63. The molecule has 0 unspecified atom stereocenters. The van der Waals surface area contributed by atoms with E-state index in [0.717, 1.165) is 25.7 Å². The summed E-state index contributed by atoms with van der Waals surface area (Å²) in [6.07, 6.45) is 3.68. The Morgan fingerprint density at radius 1 is 1.32 bits per heavy atom. The Balaban J connectivity index is 2.02. The van der Waals surface area contributed by atoms with Crippen molar-refractivity contribution in [3.05, 3.63) is 0 Å². The molecule has 2 rings (SSSR count). The average molecular weight is 268 g/mol. The molecule has 0 aromatic rings. The molecule has 2 N–H and O–H groups in total. The molecule has 0 bridgehead atoms. The first-order chi connectivity index (χ1) is 8.73. The zero-order valence-corrected chi connectivity index (χ0v) is 12.9. The van der Waals surface area contributed by atoms with E-state index >= 15 is 0 Å². The van der Waals surface area contributed by atoms with Gasteiger partial charge in [-0.25, -0.2) is 0 Å². The summed E-state index contributed by atoms with van der Waals surface area (Å²) in [6, 6.07) is 0.475. The van der Waals surface area contributed by atoms with Crippen LogP contribution in [0, 0.1) is 11.3 Å². The van der Waals surface area contributed by atoms with Crippen molar-refractivity contribution in [3.8, 4) is 0 Å². The van der Waals surface area contributed by atoms with Crippen LogP contribution in [0.15, 0.2) is 0 Å². The second kappa shape index (κ2) is 4.74. The SMILES string of the molecule is CO[C@]1(C)C[C@H](N(C)C(=O)[C@H]2CC[C@@H](N)C2)C1(C)C. The van der Waals surface area contributed by atoms with Gasteiger partial charge in [-0.3, -0.25) is 4.79 Å². The van der Waals surface area contributed by atoms with Crippen molar-refractivity contribution in [2.75, 3.05) is 14.2 Å². The zero-order chi connectivity index (χ0) is 14.4. The van der Waals surface area contributed by atoms with Crippen LogP contribution < -0.4 is 5.73 Å². The maximum Gasteiger partial charge on any atom is 0.225 e. The maximum absolute atomic E-state index is 12.5. The molecular formula is C15H28N2O2. The van der Waals surface area contributed by atoms with Crippen molar-refractivity contribution in [2.24, 2.45) is 17.1 Å². The average Bonchev–Trinajstić information content (AvgIpc) is 2.80. The second-order valence-corrected chi connectivity index (χ2v) is 7.10. The molecule has 0 spiro atoms. The van der Waals surface area contributed by atoms with E-state index < -0.39 is 0 Å². The van der Waals surface area contributed by atoms with Gasteiger partial charge < -0.3 is 15.4 Å². The summed E-state index contributed by atoms with van der Waals surface area (Å²) >= 11 is 0. The van der Waals surface area contributed by atoms with Gasteiger partial charge in [0.25, 0.3) is 0 Å². The molecule has 19 heavy (non-hydrogen) atoms. The molecule has 2 aliphatic rings. The molecule has 2 saturated carbocycles. The van der Waals surface area contributed by atoms with Gasteiger partial charge in [-0.15, -0.1) is 0 Å². The van der Waals surface area contributed by atoms with Crippen LogP contribution in [-0.4, -0.2) is 42.6 Å². The smallest absolute Gasteiger partial charge is 0.225 e. The lowest BCUT2D eigenvalue weighted by atomic mass is 9.55. The number of rotatable bonds is 3. The highest BCUT2D eigenvalue weighted by Gasteiger charge is 2.60. The second-order valence-electron chi connectivity index (χ2n) is 7.10. The van der Waals surface area contributed by atoms with E-state index in [-0.39, 0.29) is 34.9 Å². The summed E-state index contributed by atoms with van der Waals surface area (Å²) in [5, 5.41) is 0. The normalized spacial score (nSPS) is 40.8. The van der Waals surface area contributed by atoms with Gasteiger partial charge in [-0.1, -0.05) is 13.8 Å². The highest BCUT2D eigenvalue weighted by atomic mass is 16.5. The third-order valence-corrected chi connectivity index (χ3v) is 5.87. The first-order valence-corrected chi connectivity index (χ1v) is 7.30. The Labute approximate surface area is 116 Å². The first kappa shape index (κ1) is 14.8. The summed E-state index contributed by atoms with van der Waals surface area (Å²) in [7, 11) is 3.70. The zero-order valence-electron chi connectivity index (χ0n) is 12.9. The highest BCUT2D eigenvalue weighted by molar-refractivity contribution is 5.79. The molecule has 0 aliphatic heterocycles. The lowest BCUT2D eigenvalue weighted by Gasteiger charge is -2.61. The minimum atomic E-state index is -0.127. The van der Waals surface area contributed by atoms with Gasteiger partial charge in [-0.2, -0.15) is 0 Å². The molecule has 2 fully saturated rings. The van der Waals surface area contributed by atoms with Crippen LogP contribution in [0.2, 0.25) is 0 Å². The molecule has 4 nitrogen and oxygen atoms in total. The fraction of sp³-hybridized carbons (Fsp3) is 0.933. The predicted octanol–water partition coefficient (Wildman–Crippen LogP) is 1.78. The summed E-state index contributed by atoms with van der Waals surface area (Å²) in [5.41, 5.74) is 5.78. The number of nitrogens with zero attached hydrogens (tertiary/aromatic N) is 1. The van der Waals surface area contributed by atoms with E-state index in [0.29, 0.717) is 0 Å². The van der Waals surface area contributed by atoms with Crippen LogP contribution >= 0.6 is 0 Å². The molecular weight excluding hydrogens is 240 g/mol. The van der Waals surface area contributed by atoms with Crippen molar-refractivity contribution in [3.63, 3.8) is 0 Å². The van der Waals surface area contributed by atoms with E-state index in [1.165, 1.54) is 0 Å². The molecule has 1 amide bonds. The van der Waals surface area contributed by atoms with E-state index in [9.17, 15) is 4.79 Å². The van der Waals surface area contributed by atoms with Gasteiger partial charge in [0, 0.05) is 37.6 Å². The minimum Gasteiger partial charge on any atom is -0.378 e.